The molecule has 1 aromatic carbocycles. The molecule has 0 radical (unpaired) electrons. The zero-order valence-electron chi connectivity index (χ0n) is 12.2. The van der Waals surface area contributed by atoms with E-state index in [1.165, 1.54) is 5.56 Å². The Morgan fingerprint density at radius 1 is 1.15 bits per heavy atom. The van der Waals surface area contributed by atoms with Crippen LogP contribution in [0.25, 0.3) is 0 Å². The highest BCUT2D eigenvalue weighted by Crippen LogP contribution is 2.26. The van der Waals surface area contributed by atoms with Crippen molar-refractivity contribution in [3.05, 3.63) is 59.8 Å². The van der Waals surface area contributed by atoms with E-state index in [0.29, 0.717) is 5.88 Å². The average Bonchev–Trinajstić information content (AvgIpc) is 2.53. The predicted octanol–water partition coefficient (Wildman–Crippen LogP) is 3.37. The zero-order chi connectivity index (χ0) is 14.2. The molecule has 0 aliphatic carbocycles. The first-order chi connectivity index (χ1) is 9.85. The Hall–Kier alpha value is -1.87. The summed E-state index contributed by atoms with van der Waals surface area (Å²) in [5, 5.41) is 3.36. The molecule has 0 aliphatic rings. The summed E-state index contributed by atoms with van der Waals surface area (Å²) in [7, 11) is 3.65. The average molecular weight is 270 g/mol. The number of nitrogens with zero attached hydrogens (tertiary/aromatic N) is 1. The number of rotatable bonds is 7. The Labute approximate surface area is 121 Å². The van der Waals surface area contributed by atoms with Gasteiger partial charge in [-0.1, -0.05) is 36.4 Å². The number of methoxy groups -OCH3 is 1. The van der Waals surface area contributed by atoms with Crippen molar-refractivity contribution in [1.82, 2.24) is 10.3 Å². The van der Waals surface area contributed by atoms with Crippen LogP contribution in [0.2, 0.25) is 0 Å². The van der Waals surface area contributed by atoms with Gasteiger partial charge in [0, 0.05) is 17.8 Å². The molecule has 0 bridgehead atoms. The molecule has 1 N–H and O–H groups in total. The highest BCUT2D eigenvalue weighted by molar-refractivity contribution is 5.28. The van der Waals surface area contributed by atoms with Gasteiger partial charge in [0.15, 0.2) is 0 Å². The lowest BCUT2D eigenvalue weighted by Gasteiger charge is -2.18. The summed E-state index contributed by atoms with van der Waals surface area (Å²) in [6.45, 7) is 0. The lowest BCUT2D eigenvalue weighted by Crippen LogP contribution is -2.17. The SMILES string of the molecule is CNC(CCCc1ccccc1)c1cccnc1OC. The topological polar surface area (TPSA) is 34.2 Å². The maximum Gasteiger partial charge on any atom is 0.217 e. The van der Waals surface area contributed by atoms with E-state index in [2.05, 4.69) is 46.7 Å². The number of hydrogen-bond donors (Lipinski definition) is 1. The fourth-order valence-corrected chi connectivity index (χ4v) is 2.45. The molecule has 0 spiro atoms. The molecule has 1 aromatic heterocycles. The first-order valence-electron chi connectivity index (χ1n) is 7.05. The highest BCUT2D eigenvalue weighted by Gasteiger charge is 2.14. The third-order valence-corrected chi connectivity index (χ3v) is 3.52. The van der Waals surface area contributed by atoms with Crippen LogP contribution in [0.5, 0.6) is 5.88 Å². The summed E-state index contributed by atoms with van der Waals surface area (Å²) in [5.74, 6) is 0.714. The quantitative estimate of drug-likeness (QED) is 0.837. The molecule has 106 valence electrons. The predicted molar refractivity (Wildman–Crippen MR) is 82.0 cm³/mol. The molecule has 0 saturated carbocycles. The van der Waals surface area contributed by atoms with E-state index >= 15 is 0 Å². The molecule has 20 heavy (non-hydrogen) atoms. The zero-order valence-corrected chi connectivity index (χ0v) is 12.2. The Bertz CT molecular complexity index is 513. The lowest BCUT2D eigenvalue weighted by atomic mass is 10.00. The molecule has 0 aliphatic heterocycles. The number of nitrogens with one attached hydrogen (secondary N) is 1. The van der Waals surface area contributed by atoms with Crippen molar-refractivity contribution in [2.75, 3.05) is 14.2 Å². The summed E-state index contributed by atoms with van der Waals surface area (Å²) >= 11 is 0. The van der Waals surface area contributed by atoms with Crippen LogP contribution in [0.1, 0.15) is 30.0 Å². The number of benzene rings is 1. The van der Waals surface area contributed by atoms with Crippen molar-refractivity contribution in [3.63, 3.8) is 0 Å². The number of aromatic nitrogens is 1. The van der Waals surface area contributed by atoms with Crippen molar-refractivity contribution in [3.8, 4) is 5.88 Å². The maximum absolute atomic E-state index is 5.34. The summed E-state index contributed by atoms with van der Waals surface area (Å²) in [4.78, 5) is 4.27. The summed E-state index contributed by atoms with van der Waals surface area (Å²) in [6, 6.07) is 14.9. The van der Waals surface area contributed by atoms with Crippen molar-refractivity contribution >= 4 is 0 Å². The van der Waals surface area contributed by atoms with Crippen molar-refractivity contribution in [2.24, 2.45) is 0 Å². The minimum atomic E-state index is 0.280. The van der Waals surface area contributed by atoms with Crippen LogP contribution in [0.15, 0.2) is 48.7 Å². The van der Waals surface area contributed by atoms with Crippen molar-refractivity contribution < 1.29 is 4.74 Å². The maximum atomic E-state index is 5.34. The molecular weight excluding hydrogens is 248 g/mol. The van der Waals surface area contributed by atoms with Crippen LogP contribution >= 0.6 is 0 Å². The van der Waals surface area contributed by atoms with Gasteiger partial charge in [-0.25, -0.2) is 4.98 Å². The van der Waals surface area contributed by atoms with Gasteiger partial charge in [0.1, 0.15) is 0 Å². The first kappa shape index (κ1) is 14.5. The number of aryl methyl sites for hydroxylation is 1. The van der Waals surface area contributed by atoms with Gasteiger partial charge in [-0.2, -0.15) is 0 Å². The molecule has 0 saturated heterocycles. The minimum absolute atomic E-state index is 0.280. The molecule has 2 aromatic rings. The van der Waals surface area contributed by atoms with Crippen molar-refractivity contribution in [1.29, 1.82) is 0 Å². The van der Waals surface area contributed by atoms with E-state index < -0.39 is 0 Å². The molecule has 2 rings (SSSR count). The molecular formula is C17H22N2O. The van der Waals surface area contributed by atoms with E-state index in [0.717, 1.165) is 24.8 Å². The molecule has 1 atom stereocenters. The third kappa shape index (κ3) is 3.81. The molecule has 3 nitrogen and oxygen atoms in total. The normalized spacial score (nSPS) is 12.1. The van der Waals surface area contributed by atoms with Gasteiger partial charge in [0.2, 0.25) is 5.88 Å². The van der Waals surface area contributed by atoms with E-state index in [1.807, 2.05) is 13.1 Å². The Morgan fingerprint density at radius 2 is 1.95 bits per heavy atom. The Balaban J connectivity index is 1.95. The first-order valence-corrected chi connectivity index (χ1v) is 7.05. The van der Waals surface area contributed by atoms with Gasteiger partial charge in [0.05, 0.1) is 7.11 Å². The fraction of sp³-hybridized carbons (Fsp3) is 0.353. The van der Waals surface area contributed by atoms with E-state index in [9.17, 15) is 0 Å². The molecule has 3 heteroatoms. The van der Waals surface area contributed by atoms with Crippen LogP contribution in [-0.2, 0) is 6.42 Å². The Kier molecular flexibility index (Phi) is 5.56. The lowest BCUT2D eigenvalue weighted by molar-refractivity contribution is 0.381. The van der Waals surface area contributed by atoms with E-state index in [-0.39, 0.29) is 6.04 Å². The van der Waals surface area contributed by atoms with Crippen LogP contribution in [0, 0.1) is 0 Å². The second-order valence-corrected chi connectivity index (χ2v) is 4.82. The standard InChI is InChI=1S/C17H22N2O/c1-18-16(15-11-7-13-19-17(15)20-2)12-6-10-14-8-4-3-5-9-14/h3-5,7-9,11,13,16,18H,6,10,12H2,1-2H3. The van der Waals surface area contributed by atoms with Crippen LogP contribution in [0.3, 0.4) is 0 Å². The fourth-order valence-electron chi connectivity index (χ4n) is 2.45. The summed E-state index contributed by atoms with van der Waals surface area (Å²) in [6.07, 6.45) is 5.06. The highest BCUT2D eigenvalue weighted by atomic mass is 16.5. The van der Waals surface area contributed by atoms with Gasteiger partial charge < -0.3 is 10.1 Å². The van der Waals surface area contributed by atoms with Crippen LogP contribution in [0.4, 0.5) is 0 Å². The number of hydrogen-bond acceptors (Lipinski definition) is 3. The number of ether oxygens (including phenoxy) is 1. The second kappa shape index (κ2) is 7.65. The van der Waals surface area contributed by atoms with E-state index in [1.54, 1.807) is 13.3 Å². The third-order valence-electron chi connectivity index (χ3n) is 3.52. The van der Waals surface area contributed by atoms with Gasteiger partial charge in [-0.15, -0.1) is 0 Å². The van der Waals surface area contributed by atoms with Crippen LogP contribution in [-0.4, -0.2) is 19.1 Å². The molecule has 1 unspecified atom stereocenters. The Morgan fingerprint density at radius 3 is 2.65 bits per heavy atom. The summed E-state index contributed by atoms with van der Waals surface area (Å²) < 4.78 is 5.34. The molecule has 0 fully saturated rings. The smallest absolute Gasteiger partial charge is 0.217 e. The van der Waals surface area contributed by atoms with E-state index in [4.69, 9.17) is 4.74 Å². The summed E-state index contributed by atoms with van der Waals surface area (Å²) in [5.41, 5.74) is 2.52. The molecule has 1 heterocycles. The van der Waals surface area contributed by atoms with Gasteiger partial charge in [0.25, 0.3) is 0 Å². The molecule has 0 amide bonds. The monoisotopic (exact) mass is 270 g/mol. The largest absolute Gasteiger partial charge is 0.481 e. The van der Waals surface area contributed by atoms with Gasteiger partial charge >= 0.3 is 0 Å². The van der Waals surface area contributed by atoms with Gasteiger partial charge in [-0.3, -0.25) is 0 Å². The minimum Gasteiger partial charge on any atom is -0.481 e. The van der Waals surface area contributed by atoms with Crippen LogP contribution < -0.4 is 10.1 Å². The second-order valence-electron chi connectivity index (χ2n) is 4.82. The number of pyridine rings is 1. The van der Waals surface area contributed by atoms with Crippen molar-refractivity contribution in [2.45, 2.75) is 25.3 Å². The van der Waals surface area contributed by atoms with Gasteiger partial charge in [-0.05, 0) is 37.9 Å².